The molecular formula is C8H4FS. The van der Waals surface area contributed by atoms with Crippen molar-refractivity contribution in [2.24, 2.45) is 0 Å². The molecule has 0 fully saturated rings. The van der Waals surface area contributed by atoms with Crippen molar-refractivity contribution < 1.29 is 4.39 Å². The van der Waals surface area contributed by atoms with E-state index in [1.165, 1.54) is 17.4 Å². The lowest BCUT2D eigenvalue weighted by atomic mass is 10.3. The van der Waals surface area contributed by atoms with Crippen LogP contribution in [0.15, 0.2) is 24.3 Å². The van der Waals surface area contributed by atoms with Crippen LogP contribution in [0.1, 0.15) is 0 Å². The summed E-state index contributed by atoms with van der Waals surface area (Å²) in [6, 6.07) is 9.85. The van der Waals surface area contributed by atoms with E-state index in [1.807, 2.05) is 6.07 Å². The predicted molar refractivity (Wildman–Crippen MR) is 40.6 cm³/mol. The van der Waals surface area contributed by atoms with E-state index >= 15 is 0 Å². The molecule has 0 bridgehead atoms. The van der Waals surface area contributed by atoms with Gasteiger partial charge in [0, 0.05) is 4.70 Å². The molecule has 0 unspecified atom stereocenters. The van der Waals surface area contributed by atoms with E-state index in [2.05, 4.69) is 6.07 Å². The van der Waals surface area contributed by atoms with Crippen LogP contribution in [0.2, 0.25) is 0 Å². The molecule has 0 spiro atoms. The number of hydrogen-bond acceptors (Lipinski definition) is 1. The summed E-state index contributed by atoms with van der Waals surface area (Å²) in [4.78, 5) is 0. The van der Waals surface area contributed by atoms with Crippen molar-refractivity contribution >= 4 is 21.4 Å². The standard InChI is InChI=1S/C8H4FS/c9-8-5-6-3-1-2-4-7(6)10-8/h2-5H. The summed E-state index contributed by atoms with van der Waals surface area (Å²) in [7, 11) is 0. The van der Waals surface area contributed by atoms with Gasteiger partial charge in [-0.2, -0.15) is 4.39 Å². The molecule has 49 valence electrons. The molecule has 0 aliphatic carbocycles. The lowest BCUT2D eigenvalue weighted by Crippen LogP contribution is -1.57. The summed E-state index contributed by atoms with van der Waals surface area (Å²) in [6.45, 7) is 0. The Morgan fingerprint density at radius 2 is 2.40 bits per heavy atom. The summed E-state index contributed by atoms with van der Waals surface area (Å²) in [5, 5.41) is 0.805. The lowest BCUT2D eigenvalue weighted by Gasteiger charge is -1.81. The van der Waals surface area contributed by atoms with Gasteiger partial charge in [-0.15, -0.1) is 11.3 Å². The predicted octanol–water partition coefficient (Wildman–Crippen LogP) is 2.84. The topological polar surface area (TPSA) is 0 Å². The van der Waals surface area contributed by atoms with Gasteiger partial charge in [-0.05, 0) is 29.7 Å². The van der Waals surface area contributed by atoms with Crippen LogP contribution >= 0.6 is 11.3 Å². The monoisotopic (exact) mass is 151 g/mol. The molecule has 10 heavy (non-hydrogen) atoms. The number of halogens is 1. The van der Waals surface area contributed by atoms with Crippen molar-refractivity contribution in [1.29, 1.82) is 0 Å². The zero-order chi connectivity index (χ0) is 6.97. The van der Waals surface area contributed by atoms with Crippen molar-refractivity contribution in [2.45, 2.75) is 0 Å². The van der Waals surface area contributed by atoms with Crippen molar-refractivity contribution in [3.8, 4) is 0 Å². The Bertz CT molecular complexity index is 318. The number of benzene rings is 1. The second kappa shape index (κ2) is 2.06. The number of hydrogen-bond donors (Lipinski definition) is 0. The van der Waals surface area contributed by atoms with Crippen LogP contribution in [0.3, 0.4) is 0 Å². The molecule has 0 saturated heterocycles. The van der Waals surface area contributed by atoms with Gasteiger partial charge in [-0.3, -0.25) is 0 Å². The van der Waals surface area contributed by atoms with E-state index in [1.54, 1.807) is 12.1 Å². The summed E-state index contributed by atoms with van der Waals surface area (Å²) < 4.78 is 13.5. The fourth-order valence-electron chi connectivity index (χ4n) is 0.892. The molecule has 2 rings (SSSR count). The minimum absolute atomic E-state index is 0.130. The van der Waals surface area contributed by atoms with Crippen LogP contribution in [0.4, 0.5) is 4.39 Å². The van der Waals surface area contributed by atoms with Crippen LogP contribution in [0.5, 0.6) is 0 Å². The molecule has 0 nitrogen and oxygen atoms in total. The first kappa shape index (κ1) is 5.86. The summed E-state index contributed by atoms with van der Waals surface area (Å²) >= 11 is 1.17. The Balaban J connectivity index is 2.88. The first-order valence-corrected chi connectivity index (χ1v) is 3.73. The van der Waals surface area contributed by atoms with E-state index in [-0.39, 0.29) is 5.13 Å². The number of fused-ring (bicyclic) bond motifs is 1. The highest BCUT2D eigenvalue weighted by Gasteiger charge is 1.97. The van der Waals surface area contributed by atoms with Gasteiger partial charge in [0.2, 0.25) is 0 Å². The van der Waals surface area contributed by atoms with Crippen molar-refractivity contribution in [1.82, 2.24) is 0 Å². The highest BCUT2D eigenvalue weighted by molar-refractivity contribution is 7.17. The Morgan fingerprint density at radius 3 is 3.20 bits per heavy atom. The quantitative estimate of drug-likeness (QED) is 0.543. The highest BCUT2D eigenvalue weighted by atomic mass is 32.1. The molecule has 0 aliphatic rings. The van der Waals surface area contributed by atoms with Crippen LogP contribution in [0, 0.1) is 11.2 Å². The minimum atomic E-state index is -0.130. The van der Waals surface area contributed by atoms with Gasteiger partial charge in [0.15, 0.2) is 5.13 Å². The average Bonchev–Trinajstić information content (AvgIpc) is 2.27. The minimum Gasteiger partial charge on any atom is -0.195 e. The summed E-state index contributed by atoms with van der Waals surface area (Å²) in [5.41, 5.74) is 0. The average molecular weight is 151 g/mol. The number of thiophene rings is 1. The molecule has 2 heteroatoms. The Labute approximate surface area is 61.9 Å². The zero-order valence-corrected chi connectivity index (χ0v) is 5.91. The second-order valence-corrected chi connectivity index (χ2v) is 3.05. The second-order valence-electron chi connectivity index (χ2n) is 2.01. The third-order valence-electron chi connectivity index (χ3n) is 1.33. The molecule has 0 saturated carbocycles. The van der Waals surface area contributed by atoms with Gasteiger partial charge >= 0.3 is 0 Å². The van der Waals surface area contributed by atoms with Gasteiger partial charge in [-0.25, -0.2) is 0 Å². The summed E-state index contributed by atoms with van der Waals surface area (Å²) in [6.07, 6.45) is 0. The maximum absolute atomic E-state index is 12.5. The first-order chi connectivity index (χ1) is 4.86. The molecule has 1 radical (unpaired) electrons. The van der Waals surface area contributed by atoms with Crippen molar-refractivity contribution in [3.63, 3.8) is 0 Å². The van der Waals surface area contributed by atoms with Gasteiger partial charge < -0.3 is 0 Å². The van der Waals surface area contributed by atoms with Gasteiger partial charge in [0.05, 0.1) is 0 Å². The first-order valence-electron chi connectivity index (χ1n) is 2.91. The fourth-order valence-corrected chi connectivity index (χ4v) is 1.66. The summed E-state index contributed by atoms with van der Waals surface area (Å²) in [5.74, 6) is 0. The molecule has 0 atom stereocenters. The molecule has 0 N–H and O–H groups in total. The van der Waals surface area contributed by atoms with E-state index < -0.39 is 0 Å². The third-order valence-corrected chi connectivity index (χ3v) is 2.24. The van der Waals surface area contributed by atoms with Gasteiger partial charge in [0.1, 0.15) is 0 Å². The Morgan fingerprint density at radius 1 is 1.50 bits per heavy atom. The molecular weight excluding hydrogens is 147 g/mol. The Hall–Kier alpha value is -0.890. The molecule has 1 aromatic carbocycles. The largest absolute Gasteiger partial charge is 0.195 e. The maximum atomic E-state index is 12.5. The normalized spacial score (nSPS) is 10.5. The zero-order valence-electron chi connectivity index (χ0n) is 5.10. The number of rotatable bonds is 0. The van der Waals surface area contributed by atoms with E-state index in [9.17, 15) is 4.39 Å². The highest BCUT2D eigenvalue weighted by Crippen LogP contribution is 2.22. The molecule has 0 aliphatic heterocycles. The SMILES string of the molecule is Fc1cc2c[c]ccc2s1. The van der Waals surface area contributed by atoms with Gasteiger partial charge in [0.25, 0.3) is 0 Å². The third kappa shape index (κ3) is 0.809. The lowest BCUT2D eigenvalue weighted by molar-refractivity contribution is 0.658. The van der Waals surface area contributed by atoms with E-state index in [0.29, 0.717) is 0 Å². The molecule has 1 heterocycles. The Kier molecular flexibility index (Phi) is 1.21. The van der Waals surface area contributed by atoms with Crippen molar-refractivity contribution in [3.05, 3.63) is 35.5 Å². The van der Waals surface area contributed by atoms with Crippen LogP contribution < -0.4 is 0 Å². The molecule has 2 aromatic rings. The van der Waals surface area contributed by atoms with Gasteiger partial charge in [-0.1, -0.05) is 6.07 Å². The molecule has 0 amide bonds. The van der Waals surface area contributed by atoms with E-state index in [0.717, 1.165) is 10.1 Å². The molecule has 1 aromatic heterocycles. The van der Waals surface area contributed by atoms with Crippen molar-refractivity contribution in [2.75, 3.05) is 0 Å². The fraction of sp³-hybridized carbons (Fsp3) is 0. The van der Waals surface area contributed by atoms with Crippen LogP contribution in [0.25, 0.3) is 10.1 Å². The smallest absolute Gasteiger partial charge is 0.177 e. The van der Waals surface area contributed by atoms with E-state index in [4.69, 9.17) is 0 Å². The van der Waals surface area contributed by atoms with Crippen LogP contribution in [-0.4, -0.2) is 0 Å². The van der Waals surface area contributed by atoms with Crippen LogP contribution in [-0.2, 0) is 0 Å². The maximum Gasteiger partial charge on any atom is 0.177 e.